The number of methoxy groups -OCH3 is 1. The molecule has 0 saturated carbocycles. The van der Waals surface area contributed by atoms with Crippen LogP contribution in [0.1, 0.15) is 10.5 Å². The summed E-state index contributed by atoms with van der Waals surface area (Å²) in [5.74, 6) is -0.488. The molecule has 0 aliphatic carbocycles. The largest absolute Gasteiger partial charge is 0.464 e. The number of nitrogens with zero attached hydrogens (tertiary/aromatic N) is 3. The number of carbonyl (C=O) groups excluding carboxylic acids is 1. The van der Waals surface area contributed by atoms with Gasteiger partial charge in [0, 0.05) is 12.4 Å². The van der Waals surface area contributed by atoms with Crippen LogP contribution >= 0.6 is 31.9 Å². The third-order valence-electron chi connectivity index (χ3n) is 1.82. The quantitative estimate of drug-likeness (QED) is 0.749. The normalized spacial score (nSPS) is 10.6. The van der Waals surface area contributed by atoms with Crippen molar-refractivity contribution in [3.63, 3.8) is 0 Å². The Balaban J connectivity index is 2.75. The van der Waals surface area contributed by atoms with Gasteiger partial charge in [0.25, 0.3) is 0 Å². The van der Waals surface area contributed by atoms with Crippen LogP contribution in [0.25, 0.3) is 5.65 Å². The molecular weight excluding hydrogens is 330 g/mol. The van der Waals surface area contributed by atoms with Crippen LogP contribution in [0.5, 0.6) is 0 Å². The van der Waals surface area contributed by atoms with Crippen molar-refractivity contribution in [3.05, 3.63) is 27.3 Å². The lowest BCUT2D eigenvalue weighted by molar-refractivity contribution is 0.0593. The highest BCUT2D eigenvalue weighted by atomic mass is 79.9. The minimum atomic E-state index is -0.488. The first-order valence-electron chi connectivity index (χ1n) is 3.91. The zero-order chi connectivity index (χ0) is 11.0. The van der Waals surface area contributed by atoms with Gasteiger partial charge in [0.05, 0.1) is 7.11 Å². The Hall–Kier alpha value is -0.950. The van der Waals surface area contributed by atoms with E-state index in [0.29, 0.717) is 14.9 Å². The number of rotatable bonds is 1. The van der Waals surface area contributed by atoms with Gasteiger partial charge in [-0.05, 0) is 31.9 Å². The molecule has 0 spiro atoms. The molecule has 2 heterocycles. The highest BCUT2D eigenvalue weighted by Gasteiger charge is 2.18. The molecule has 78 valence electrons. The molecule has 0 aromatic carbocycles. The summed E-state index contributed by atoms with van der Waals surface area (Å²) in [4.78, 5) is 19.5. The third kappa shape index (κ3) is 1.65. The van der Waals surface area contributed by atoms with E-state index in [4.69, 9.17) is 0 Å². The fourth-order valence-electron chi connectivity index (χ4n) is 1.14. The first-order valence-corrected chi connectivity index (χ1v) is 5.50. The molecular formula is C8H5Br2N3O2. The van der Waals surface area contributed by atoms with Gasteiger partial charge in [-0.2, -0.15) is 0 Å². The first kappa shape index (κ1) is 10.6. The van der Waals surface area contributed by atoms with Crippen molar-refractivity contribution in [1.82, 2.24) is 14.4 Å². The second kappa shape index (κ2) is 3.90. The Labute approximate surface area is 102 Å². The van der Waals surface area contributed by atoms with Gasteiger partial charge in [0.15, 0.2) is 11.3 Å². The third-order valence-corrected chi connectivity index (χ3v) is 3.14. The van der Waals surface area contributed by atoms with Gasteiger partial charge < -0.3 is 4.74 Å². The van der Waals surface area contributed by atoms with E-state index in [-0.39, 0.29) is 5.69 Å². The van der Waals surface area contributed by atoms with Crippen LogP contribution in [0.2, 0.25) is 0 Å². The fraction of sp³-hybridized carbons (Fsp3) is 0.125. The maximum Gasteiger partial charge on any atom is 0.359 e. The van der Waals surface area contributed by atoms with E-state index < -0.39 is 5.97 Å². The molecule has 0 fully saturated rings. The van der Waals surface area contributed by atoms with E-state index >= 15 is 0 Å². The Morgan fingerprint density at radius 2 is 2.27 bits per heavy atom. The number of halogens is 2. The number of fused-ring (bicyclic) bond motifs is 1. The van der Waals surface area contributed by atoms with Crippen LogP contribution in [-0.2, 0) is 4.74 Å². The van der Waals surface area contributed by atoms with E-state index in [2.05, 4.69) is 46.6 Å². The van der Waals surface area contributed by atoms with Crippen molar-refractivity contribution >= 4 is 43.5 Å². The van der Waals surface area contributed by atoms with Crippen LogP contribution in [0.4, 0.5) is 0 Å². The SMILES string of the molecule is COC(=O)c1nc2c(Br)nccn2c1Br. The smallest absolute Gasteiger partial charge is 0.359 e. The summed E-state index contributed by atoms with van der Waals surface area (Å²) in [5.41, 5.74) is 0.788. The topological polar surface area (TPSA) is 56.5 Å². The summed E-state index contributed by atoms with van der Waals surface area (Å²) in [6, 6.07) is 0. The fourth-order valence-corrected chi connectivity index (χ4v) is 2.08. The average molecular weight is 335 g/mol. The lowest BCUT2D eigenvalue weighted by atomic mass is 10.5. The zero-order valence-electron chi connectivity index (χ0n) is 7.57. The lowest BCUT2D eigenvalue weighted by Gasteiger charge is -1.95. The van der Waals surface area contributed by atoms with Gasteiger partial charge in [-0.25, -0.2) is 14.8 Å². The van der Waals surface area contributed by atoms with Crippen molar-refractivity contribution in [1.29, 1.82) is 0 Å². The van der Waals surface area contributed by atoms with E-state index in [1.54, 1.807) is 16.8 Å². The molecule has 0 unspecified atom stereocenters. The van der Waals surface area contributed by atoms with Crippen molar-refractivity contribution in [2.24, 2.45) is 0 Å². The lowest BCUT2D eigenvalue weighted by Crippen LogP contribution is -2.02. The zero-order valence-corrected chi connectivity index (χ0v) is 10.7. The Bertz CT molecular complexity index is 538. The van der Waals surface area contributed by atoms with Crippen LogP contribution in [0.3, 0.4) is 0 Å². The number of aromatic nitrogens is 3. The summed E-state index contributed by atoms with van der Waals surface area (Å²) in [6.45, 7) is 0. The molecule has 2 aromatic rings. The Morgan fingerprint density at radius 1 is 1.53 bits per heavy atom. The molecule has 0 atom stereocenters. The molecule has 0 saturated heterocycles. The molecule has 0 N–H and O–H groups in total. The molecule has 7 heteroatoms. The van der Waals surface area contributed by atoms with Crippen molar-refractivity contribution in [3.8, 4) is 0 Å². The number of esters is 1. The predicted octanol–water partition coefficient (Wildman–Crippen LogP) is 2.04. The van der Waals surface area contributed by atoms with Gasteiger partial charge in [-0.1, -0.05) is 0 Å². The molecule has 2 rings (SSSR count). The molecule has 0 aliphatic rings. The Kier molecular flexibility index (Phi) is 2.74. The summed E-state index contributed by atoms with van der Waals surface area (Å²) in [7, 11) is 1.31. The van der Waals surface area contributed by atoms with E-state index in [9.17, 15) is 4.79 Å². The van der Waals surface area contributed by atoms with Crippen molar-refractivity contribution < 1.29 is 9.53 Å². The monoisotopic (exact) mass is 333 g/mol. The van der Waals surface area contributed by atoms with Crippen molar-refractivity contribution in [2.45, 2.75) is 0 Å². The number of imidazole rings is 1. The second-order valence-corrected chi connectivity index (χ2v) is 4.16. The second-order valence-electron chi connectivity index (χ2n) is 2.65. The predicted molar refractivity (Wildman–Crippen MR) is 59.7 cm³/mol. The number of hydrogen-bond acceptors (Lipinski definition) is 4. The number of carbonyl (C=O) groups is 1. The van der Waals surface area contributed by atoms with Gasteiger partial charge in [-0.15, -0.1) is 0 Å². The van der Waals surface area contributed by atoms with E-state index in [1.807, 2.05) is 0 Å². The minimum absolute atomic E-state index is 0.228. The number of hydrogen-bond donors (Lipinski definition) is 0. The molecule has 5 nitrogen and oxygen atoms in total. The molecule has 0 bridgehead atoms. The Morgan fingerprint density at radius 3 is 2.87 bits per heavy atom. The van der Waals surface area contributed by atoms with Crippen LogP contribution in [0.15, 0.2) is 21.6 Å². The van der Waals surface area contributed by atoms with E-state index in [1.165, 1.54) is 7.11 Å². The summed E-state index contributed by atoms with van der Waals surface area (Å²) < 4.78 is 7.42. The summed E-state index contributed by atoms with van der Waals surface area (Å²) in [5, 5.41) is 0. The molecule has 0 aliphatic heterocycles. The van der Waals surface area contributed by atoms with Crippen LogP contribution < -0.4 is 0 Å². The van der Waals surface area contributed by atoms with E-state index in [0.717, 1.165) is 0 Å². The molecule has 15 heavy (non-hydrogen) atoms. The first-order chi connectivity index (χ1) is 7.15. The maximum atomic E-state index is 11.4. The summed E-state index contributed by atoms with van der Waals surface area (Å²) in [6.07, 6.45) is 3.30. The molecule has 2 aromatic heterocycles. The number of ether oxygens (including phenoxy) is 1. The van der Waals surface area contributed by atoms with Gasteiger partial charge in [0.1, 0.15) is 9.21 Å². The standard InChI is InChI=1S/C8H5Br2N3O2/c1-15-8(14)4-6(10)13-3-2-11-5(9)7(13)12-4/h2-3H,1H3. The molecule has 0 radical (unpaired) electrons. The minimum Gasteiger partial charge on any atom is -0.464 e. The summed E-state index contributed by atoms with van der Waals surface area (Å²) >= 11 is 6.53. The van der Waals surface area contributed by atoms with Crippen LogP contribution in [0, 0.1) is 0 Å². The van der Waals surface area contributed by atoms with Crippen LogP contribution in [-0.4, -0.2) is 27.4 Å². The highest BCUT2D eigenvalue weighted by Crippen LogP contribution is 2.23. The van der Waals surface area contributed by atoms with Gasteiger partial charge in [-0.3, -0.25) is 4.40 Å². The van der Waals surface area contributed by atoms with Gasteiger partial charge >= 0.3 is 5.97 Å². The highest BCUT2D eigenvalue weighted by molar-refractivity contribution is 9.11. The van der Waals surface area contributed by atoms with Gasteiger partial charge in [0.2, 0.25) is 0 Å². The molecule has 0 amide bonds. The van der Waals surface area contributed by atoms with Crippen molar-refractivity contribution in [2.75, 3.05) is 7.11 Å². The average Bonchev–Trinajstić information content (AvgIpc) is 2.57. The maximum absolute atomic E-state index is 11.4.